The van der Waals surface area contributed by atoms with E-state index in [1.165, 1.54) is 162 Å². The maximum absolute atomic E-state index is 2.31. The van der Waals surface area contributed by atoms with Gasteiger partial charge in [0.15, 0.2) is 0 Å². The molecule has 82 heavy (non-hydrogen) atoms. The highest BCUT2D eigenvalue weighted by atomic mass is 14.2. The van der Waals surface area contributed by atoms with E-state index in [4.69, 9.17) is 0 Å². The van der Waals surface area contributed by atoms with E-state index in [1.807, 2.05) is 0 Å². The lowest BCUT2D eigenvalue weighted by atomic mass is 9.90. The van der Waals surface area contributed by atoms with Gasteiger partial charge in [-0.15, -0.1) is 0 Å². The summed E-state index contributed by atoms with van der Waals surface area (Å²) in [6.07, 6.45) is 0. The molecule has 0 atom stereocenters. The van der Waals surface area contributed by atoms with Crippen LogP contribution < -0.4 is 0 Å². The number of fused-ring (bicyclic) bond motifs is 19. The first-order valence-corrected chi connectivity index (χ1v) is 28.5. The van der Waals surface area contributed by atoms with Crippen LogP contribution in [0.3, 0.4) is 0 Å². The Morgan fingerprint density at radius 1 is 0.0976 bits per heavy atom. The molecule has 0 saturated heterocycles. The molecule has 0 amide bonds. The Morgan fingerprint density at radius 3 is 0.573 bits per heavy atom. The average Bonchev–Trinajstić information content (AvgIpc) is 3.63. The van der Waals surface area contributed by atoms with Crippen molar-refractivity contribution in [3.8, 4) is 0 Å². The van der Waals surface area contributed by atoms with Crippen molar-refractivity contribution < 1.29 is 0 Å². The first kappa shape index (κ1) is 47.3. The third-order valence-corrected chi connectivity index (χ3v) is 17.2. The van der Waals surface area contributed by atoms with E-state index in [0.29, 0.717) is 0 Å². The molecule has 0 aliphatic heterocycles. The van der Waals surface area contributed by atoms with Crippen LogP contribution in [0.25, 0.3) is 162 Å². The molecular formula is C82H52. The molecule has 0 fully saturated rings. The van der Waals surface area contributed by atoms with Crippen molar-refractivity contribution in [3.63, 3.8) is 0 Å². The van der Waals surface area contributed by atoms with E-state index in [1.54, 1.807) is 0 Å². The molecule has 19 aromatic rings. The predicted molar refractivity (Wildman–Crippen MR) is 360 cm³/mol. The van der Waals surface area contributed by atoms with Crippen molar-refractivity contribution >= 4 is 162 Å². The van der Waals surface area contributed by atoms with Gasteiger partial charge < -0.3 is 0 Å². The van der Waals surface area contributed by atoms with Gasteiger partial charge in [-0.1, -0.05) is 279 Å². The second kappa shape index (κ2) is 19.6. The molecule has 19 aromatic carbocycles. The van der Waals surface area contributed by atoms with Crippen molar-refractivity contribution in [1.82, 2.24) is 0 Å². The van der Waals surface area contributed by atoms with Gasteiger partial charge in [-0.3, -0.25) is 0 Å². The van der Waals surface area contributed by atoms with Crippen LogP contribution in [0.1, 0.15) is 0 Å². The van der Waals surface area contributed by atoms with E-state index in [2.05, 4.69) is 315 Å². The quantitative estimate of drug-likeness (QED) is 0.105. The molecular weight excluding hydrogens is 985 g/mol. The Labute approximate surface area is 474 Å². The summed E-state index contributed by atoms with van der Waals surface area (Å²) in [5, 5.41) is 40.0. The van der Waals surface area contributed by atoms with Crippen LogP contribution in [0.4, 0.5) is 0 Å². The van der Waals surface area contributed by atoms with Crippen LogP contribution in [-0.4, -0.2) is 0 Å². The molecule has 0 bridgehead atoms. The second-order valence-corrected chi connectivity index (χ2v) is 21.8. The maximum Gasteiger partial charge on any atom is -0.00264 e. The minimum absolute atomic E-state index is 1.30. The monoisotopic (exact) mass is 1040 g/mol. The molecule has 0 aliphatic rings. The van der Waals surface area contributed by atoms with Gasteiger partial charge in [0.2, 0.25) is 0 Å². The first-order chi connectivity index (χ1) is 40.7. The molecule has 0 spiro atoms. The van der Waals surface area contributed by atoms with Crippen molar-refractivity contribution in [2.45, 2.75) is 0 Å². The number of hydrogen-bond acceptors (Lipinski definition) is 0. The smallest absolute Gasteiger partial charge is 0.00264 e. The van der Waals surface area contributed by atoms with E-state index in [-0.39, 0.29) is 0 Å². The van der Waals surface area contributed by atoms with E-state index >= 15 is 0 Å². The third kappa shape index (κ3) is 7.99. The van der Waals surface area contributed by atoms with Gasteiger partial charge in [-0.2, -0.15) is 0 Å². The fourth-order valence-electron chi connectivity index (χ4n) is 13.4. The second-order valence-electron chi connectivity index (χ2n) is 21.8. The molecule has 0 unspecified atom stereocenters. The zero-order valence-corrected chi connectivity index (χ0v) is 45.0. The average molecular weight is 1040 g/mol. The first-order valence-electron chi connectivity index (χ1n) is 28.5. The van der Waals surface area contributed by atoms with E-state index in [0.717, 1.165) is 0 Å². The zero-order chi connectivity index (χ0) is 54.1. The lowest BCUT2D eigenvalue weighted by Crippen LogP contribution is -1.85. The minimum Gasteiger partial charge on any atom is -0.0616 e. The summed E-state index contributed by atoms with van der Waals surface area (Å²) in [5.74, 6) is 0. The normalized spacial score (nSPS) is 11.7. The van der Waals surface area contributed by atoms with Crippen LogP contribution in [0.2, 0.25) is 0 Å². The molecule has 19 rings (SSSR count). The van der Waals surface area contributed by atoms with Gasteiger partial charge in [0, 0.05) is 0 Å². The molecule has 0 aliphatic carbocycles. The van der Waals surface area contributed by atoms with E-state index in [9.17, 15) is 0 Å². The molecule has 0 saturated carbocycles. The SMILES string of the molecule is c1cc2cccc3c4cccc5cccc(c(c1)c23)c54.c1ccc2c(c1)c1ccccc1c1ccccc21.c1ccc2c(c1)ccc1c2ccc2c3ccccc3ccc21.c1ccc2cc3cc4cc5ccccc5cc4cc3cc2c1. The van der Waals surface area contributed by atoms with Crippen molar-refractivity contribution in [2.75, 3.05) is 0 Å². The summed E-state index contributed by atoms with van der Waals surface area (Å²) in [6.45, 7) is 0. The Bertz CT molecular complexity index is 5020. The number of benzene rings is 19. The van der Waals surface area contributed by atoms with Gasteiger partial charge >= 0.3 is 0 Å². The summed E-state index contributed by atoms with van der Waals surface area (Å²) in [7, 11) is 0. The fourth-order valence-corrected chi connectivity index (χ4v) is 13.4. The van der Waals surface area contributed by atoms with Crippen LogP contribution in [0.15, 0.2) is 315 Å². The van der Waals surface area contributed by atoms with Crippen LogP contribution in [0, 0.1) is 0 Å². The maximum atomic E-state index is 2.31. The minimum atomic E-state index is 1.30. The number of hydrogen-bond donors (Lipinski definition) is 0. The lowest BCUT2D eigenvalue weighted by molar-refractivity contribution is 1.77. The fraction of sp³-hybridized carbons (Fsp3) is 0. The zero-order valence-electron chi connectivity index (χ0n) is 45.0. The Kier molecular flexibility index (Phi) is 11.3. The topological polar surface area (TPSA) is 0 Å². The van der Waals surface area contributed by atoms with Crippen LogP contribution in [0.5, 0.6) is 0 Å². The van der Waals surface area contributed by atoms with Gasteiger partial charge in [-0.25, -0.2) is 0 Å². The standard InChI is InChI=1S/2C22H14.C20H12.C18H12/c1-3-7-17-15(5-1)9-11-21-19(17)13-14-20-18-8-4-2-6-16(18)10-12-22(20)21;1-2-6-16-10-20-14-22-12-18-8-4-3-7-17(18)11-21(22)13-19(20)9-15(16)5-1;1-5-13-6-2-11-17-18-12-4-8-14-7-3-10-16(20(14)18)15(9-1)19(13)17;1-2-8-14-13(7-1)15-9-3-4-11-17(15)18-12-6-5-10-16(14)18/h2*1-14H;1-12H;1-12H. The predicted octanol–water partition coefficient (Wildman–Crippen LogP) is 23.5. The van der Waals surface area contributed by atoms with Gasteiger partial charge in [-0.05, 0) is 198 Å². The lowest BCUT2D eigenvalue weighted by Gasteiger charge is -2.13. The molecule has 0 heterocycles. The molecule has 0 radical (unpaired) electrons. The summed E-state index contributed by atoms with van der Waals surface area (Å²) < 4.78 is 0. The molecule has 0 nitrogen and oxygen atoms in total. The van der Waals surface area contributed by atoms with Gasteiger partial charge in [0.1, 0.15) is 0 Å². The molecule has 0 aromatic heterocycles. The Morgan fingerprint density at radius 2 is 0.280 bits per heavy atom. The van der Waals surface area contributed by atoms with Crippen LogP contribution >= 0.6 is 0 Å². The Hall–Kier alpha value is -10.7. The molecule has 0 heteroatoms. The van der Waals surface area contributed by atoms with Crippen molar-refractivity contribution in [2.24, 2.45) is 0 Å². The van der Waals surface area contributed by atoms with Gasteiger partial charge in [0.25, 0.3) is 0 Å². The highest BCUT2D eigenvalue weighted by Gasteiger charge is 2.13. The van der Waals surface area contributed by atoms with Crippen molar-refractivity contribution in [3.05, 3.63) is 315 Å². The van der Waals surface area contributed by atoms with E-state index < -0.39 is 0 Å². The largest absolute Gasteiger partial charge is 0.0616 e. The molecule has 380 valence electrons. The van der Waals surface area contributed by atoms with Crippen molar-refractivity contribution in [1.29, 1.82) is 0 Å². The highest BCUT2D eigenvalue weighted by molar-refractivity contribution is 6.33. The Balaban J connectivity index is 0.0000000903. The van der Waals surface area contributed by atoms with Crippen LogP contribution in [-0.2, 0) is 0 Å². The third-order valence-electron chi connectivity index (χ3n) is 17.2. The summed E-state index contributed by atoms with van der Waals surface area (Å²) >= 11 is 0. The summed E-state index contributed by atoms with van der Waals surface area (Å²) in [6, 6.07) is 114. The summed E-state index contributed by atoms with van der Waals surface area (Å²) in [5.41, 5.74) is 0. The van der Waals surface area contributed by atoms with Gasteiger partial charge in [0.05, 0.1) is 0 Å². The molecule has 0 N–H and O–H groups in total. The number of rotatable bonds is 0. The summed E-state index contributed by atoms with van der Waals surface area (Å²) in [4.78, 5) is 0. The highest BCUT2D eigenvalue weighted by Crippen LogP contribution is 2.41.